The van der Waals surface area contributed by atoms with Crippen molar-refractivity contribution in [1.82, 2.24) is 14.8 Å². The molecule has 3 heterocycles. The molecule has 6 heteroatoms. The molecule has 0 unspecified atom stereocenters. The van der Waals surface area contributed by atoms with Crippen molar-refractivity contribution in [1.29, 1.82) is 0 Å². The Bertz CT molecular complexity index is 821. The SMILES string of the molecule is Cc1nc(-c2ccsc2)ccc1C(=O)Nc1ccnn1C(C)C. The second-order valence-corrected chi connectivity index (χ2v) is 6.33. The predicted molar refractivity (Wildman–Crippen MR) is 92.9 cm³/mol. The molecule has 0 aliphatic carbocycles. The molecular weight excluding hydrogens is 308 g/mol. The number of hydrogen-bond acceptors (Lipinski definition) is 4. The third-order valence-electron chi connectivity index (χ3n) is 3.55. The van der Waals surface area contributed by atoms with Gasteiger partial charge in [0.2, 0.25) is 0 Å². The number of hydrogen-bond donors (Lipinski definition) is 1. The van der Waals surface area contributed by atoms with Crippen LogP contribution >= 0.6 is 11.3 Å². The molecule has 1 N–H and O–H groups in total. The van der Waals surface area contributed by atoms with Crippen molar-refractivity contribution >= 4 is 23.1 Å². The second kappa shape index (κ2) is 6.34. The lowest BCUT2D eigenvalue weighted by atomic mass is 10.1. The molecule has 0 bridgehead atoms. The van der Waals surface area contributed by atoms with Gasteiger partial charge in [0.25, 0.3) is 5.91 Å². The maximum atomic E-state index is 12.5. The highest BCUT2D eigenvalue weighted by atomic mass is 32.1. The highest BCUT2D eigenvalue weighted by Gasteiger charge is 2.14. The van der Waals surface area contributed by atoms with Gasteiger partial charge in [-0.15, -0.1) is 0 Å². The highest BCUT2D eigenvalue weighted by Crippen LogP contribution is 2.22. The number of thiophene rings is 1. The molecule has 5 nitrogen and oxygen atoms in total. The lowest BCUT2D eigenvalue weighted by Crippen LogP contribution is -2.18. The van der Waals surface area contributed by atoms with Gasteiger partial charge in [-0.1, -0.05) is 0 Å². The first kappa shape index (κ1) is 15.4. The molecular formula is C17H18N4OS. The maximum absolute atomic E-state index is 12.5. The standard InChI is InChI=1S/C17H18N4OS/c1-11(2)21-16(6-8-18-21)20-17(22)14-4-5-15(19-12(14)3)13-7-9-23-10-13/h4-11H,1-3H3,(H,20,22). The summed E-state index contributed by atoms with van der Waals surface area (Å²) in [6.07, 6.45) is 1.68. The molecule has 0 spiro atoms. The summed E-state index contributed by atoms with van der Waals surface area (Å²) < 4.78 is 1.78. The van der Waals surface area contributed by atoms with Gasteiger partial charge < -0.3 is 5.32 Å². The van der Waals surface area contributed by atoms with E-state index in [1.807, 2.05) is 49.7 Å². The van der Waals surface area contributed by atoms with Crippen molar-refractivity contribution in [2.75, 3.05) is 5.32 Å². The Hall–Kier alpha value is -2.47. The van der Waals surface area contributed by atoms with Crippen LogP contribution in [0.3, 0.4) is 0 Å². The van der Waals surface area contributed by atoms with Crippen LogP contribution < -0.4 is 5.32 Å². The van der Waals surface area contributed by atoms with Gasteiger partial charge >= 0.3 is 0 Å². The van der Waals surface area contributed by atoms with Crippen molar-refractivity contribution in [3.05, 3.63) is 52.5 Å². The average molecular weight is 326 g/mol. The van der Waals surface area contributed by atoms with Crippen LogP contribution in [0.4, 0.5) is 5.82 Å². The Kier molecular flexibility index (Phi) is 4.25. The fraction of sp³-hybridized carbons (Fsp3) is 0.235. The third-order valence-corrected chi connectivity index (χ3v) is 4.23. The number of pyridine rings is 1. The number of carbonyl (C=O) groups is 1. The lowest BCUT2D eigenvalue weighted by Gasteiger charge is -2.12. The first-order valence-electron chi connectivity index (χ1n) is 7.41. The fourth-order valence-electron chi connectivity index (χ4n) is 2.38. The van der Waals surface area contributed by atoms with Crippen LogP contribution in [0.25, 0.3) is 11.3 Å². The van der Waals surface area contributed by atoms with Crippen molar-refractivity contribution in [3.63, 3.8) is 0 Å². The third kappa shape index (κ3) is 3.17. The van der Waals surface area contributed by atoms with Gasteiger partial charge in [0.15, 0.2) is 0 Å². The van der Waals surface area contributed by atoms with Crippen molar-refractivity contribution in [3.8, 4) is 11.3 Å². The summed E-state index contributed by atoms with van der Waals surface area (Å²) in [4.78, 5) is 17.1. The van der Waals surface area contributed by atoms with Gasteiger partial charge in [-0.2, -0.15) is 16.4 Å². The number of amides is 1. The Balaban J connectivity index is 1.84. The lowest BCUT2D eigenvalue weighted by molar-refractivity contribution is 0.102. The molecule has 23 heavy (non-hydrogen) atoms. The molecule has 3 aromatic heterocycles. The van der Waals surface area contributed by atoms with E-state index in [1.165, 1.54) is 0 Å². The van der Waals surface area contributed by atoms with Crippen LogP contribution in [0, 0.1) is 6.92 Å². The Labute approximate surface area is 139 Å². The molecule has 1 amide bonds. The summed E-state index contributed by atoms with van der Waals surface area (Å²) in [6.45, 7) is 5.89. The molecule has 0 saturated heterocycles. The molecule has 0 fully saturated rings. The Morgan fingerprint density at radius 2 is 2.09 bits per heavy atom. The smallest absolute Gasteiger partial charge is 0.258 e. The molecule has 0 aromatic carbocycles. The topological polar surface area (TPSA) is 59.8 Å². The second-order valence-electron chi connectivity index (χ2n) is 5.55. The summed E-state index contributed by atoms with van der Waals surface area (Å²) >= 11 is 1.63. The van der Waals surface area contributed by atoms with Gasteiger partial charge in [-0.25, -0.2) is 4.68 Å². The van der Waals surface area contributed by atoms with E-state index in [1.54, 1.807) is 28.3 Å². The van der Waals surface area contributed by atoms with Crippen molar-refractivity contribution in [2.24, 2.45) is 0 Å². The minimum absolute atomic E-state index is 0.172. The number of aromatic nitrogens is 3. The van der Waals surface area contributed by atoms with Crippen LogP contribution in [-0.2, 0) is 0 Å². The molecule has 0 aliphatic rings. The minimum atomic E-state index is -0.172. The van der Waals surface area contributed by atoms with Crippen molar-refractivity contribution in [2.45, 2.75) is 26.8 Å². The number of anilines is 1. The van der Waals surface area contributed by atoms with Crippen molar-refractivity contribution < 1.29 is 4.79 Å². The van der Waals surface area contributed by atoms with E-state index in [2.05, 4.69) is 15.4 Å². The van der Waals surface area contributed by atoms with Gasteiger partial charge in [0.05, 0.1) is 23.1 Å². The fourth-order valence-corrected chi connectivity index (χ4v) is 3.03. The molecule has 0 atom stereocenters. The summed E-state index contributed by atoms with van der Waals surface area (Å²) in [5.41, 5.74) is 3.23. The number of rotatable bonds is 4. The highest BCUT2D eigenvalue weighted by molar-refractivity contribution is 7.08. The zero-order valence-corrected chi connectivity index (χ0v) is 14.1. The van der Waals surface area contributed by atoms with E-state index in [0.717, 1.165) is 11.3 Å². The van der Waals surface area contributed by atoms with E-state index >= 15 is 0 Å². The first-order chi connectivity index (χ1) is 11.1. The van der Waals surface area contributed by atoms with Crippen LogP contribution in [0.5, 0.6) is 0 Å². The van der Waals surface area contributed by atoms with Gasteiger partial charge in [0, 0.05) is 23.1 Å². The number of carbonyl (C=O) groups excluding carboxylic acids is 1. The molecule has 0 aliphatic heterocycles. The zero-order chi connectivity index (χ0) is 16.4. The number of nitrogens with one attached hydrogen (secondary N) is 1. The monoisotopic (exact) mass is 326 g/mol. The first-order valence-corrected chi connectivity index (χ1v) is 8.35. The largest absolute Gasteiger partial charge is 0.307 e. The van der Waals surface area contributed by atoms with Crippen LogP contribution in [0.2, 0.25) is 0 Å². The van der Waals surface area contributed by atoms with Crippen LogP contribution in [-0.4, -0.2) is 20.7 Å². The molecule has 3 rings (SSSR count). The van der Waals surface area contributed by atoms with E-state index < -0.39 is 0 Å². The van der Waals surface area contributed by atoms with Crippen LogP contribution in [0.1, 0.15) is 35.9 Å². The molecule has 118 valence electrons. The summed E-state index contributed by atoms with van der Waals surface area (Å²) in [5.74, 6) is 0.514. The van der Waals surface area contributed by atoms with Gasteiger partial charge in [0.1, 0.15) is 5.82 Å². The zero-order valence-electron chi connectivity index (χ0n) is 13.3. The quantitative estimate of drug-likeness (QED) is 0.783. The van der Waals surface area contributed by atoms with E-state index in [4.69, 9.17) is 0 Å². The van der Waals surface area contributed by atoms with E-state index in [-0.39, 0.29) is 11.9 Å². The molecule has 0 saturated carbocycles. The molecule has 3 aromatic rings. The van der Waals surface area contributed by atoms with E-state index in [0.29, 0.717) is 17.1 Å². The van der Waals surface area contributed by atoms with E-state index in [9.17, 15) is 4.79 Å². The number of aryl methyl sites for hydroxylation is 1. The van der Waals surface area contributed by atoms with Gasteiger partial charge in [-0.3, -0.25) is 9.78 Å². The van der Waals surface area contributed by atoms with Gasteiger partial charge in [-0.05, 0) is 44.4 Å². The summed E-state index contributed by atoms with van der Waals surface area (Å²) in [6, 6.07) is 7.69. The maximum Gasteiger partial charge on any atom is 0.258 e. The number of nitrogens with zero attached hydrogens (tertiary/aromatic N) is 3. The predicted octanol–water partition coefficient (Wildman–Crippen LogP) is 4.15. The normalized spacial score (nSPS) is 11.0. The molecule has 0 radical (unpaired) electrons. The summed E-state index contributed by atoms with van der Waals surface area (Å²) in [5, 5.41) is 11.2. The minimum Gasteiger partial charge on any atom is -0.307 e. The Morgan fingerprint density at radius 1 is 1.26 bits per heavy atom. The Morgan fingerprint density at radius 3 is 2.74 bits per heavy atom. The summed E-state index contributed by atoms with van der Waals surface area (Å²) in [7, 11) is 0. The average Bonchev–Trinajstić information content (AvgIpc) is 3.18. The van der Waals surface area contributed by atoms with Crippen LogP contribution in [0.15, 0.2) is 41.2 Å².